The molecule has 0 aromatic carbocycles. The Morgan fingerprint density at radius 2 is 2.27 bits per heavy atom. The summed E-state index contributed by atoms with van der Waals surface area (Å²) in [4.78, 5) is 20.3. The summed E-state index contributed by atoms with van der Waals surface area (Å²) >= 11 is 0. The average Bonchev–Trinajstić information content (AvgIpc) is 1.86. The summed E-state index contributed by atoms with van der Waals surface area (Å²) < 4.78 is 4.34. The predicted octanol–water partition coefficient (Wildman–Crippen LogP) is -0.191. The lowest BCUT2D eigenvalue weighted by molar-refractivity contribution is -0.150. The Balaban J connectivity index is 3.53. The van der Waals surface area contributed by atoms with Crippen LogP contribution in [-0.2, 0) is 14.3 Å². The standard InChI is InChI=1S/C6H7NO4/c7-2-1-3-11-6(10)4-5(8)9/h1,7H,3-4H2,(H,8,9). The first kappa shape index (κ1) is 9.39. The fourth-order valence-corrected chi connectivity index (χ4v) is 0.351. The van der Waals surface area contributed by atoms with Crippen molar-refractivity contribution in [1.29, 1.82) is 5.41 Å². The molecule has 0 unspecified atom stereocenters. The van der Waals surface area contributed by atoms with E-state index in [9.17, 15) is 9.59 Å². The van der Waals surface area contributed by atoms with E-state index in [2.05, 4.69) is 4.74 Å². The van der Waals surface area contributed by atoms with E-state index in [4.69, 9.17) is 10.5 Å². The van der Waals surface area contributed by atoms with Crippen LogP contribution in [0.4, 0.5) is 0 Å². The Hall–Kier alpha value is -1.61. The van der Waals surface area contributed by atoms with Crippen molar-refractivity contribution in [2.45, 2.75) is 6.42 Å². The lowest BCUT2D eigenvalue weighted by Gasteiger charge is -1.95. The molecule has 0 aromatic heterocycles. The minimum atomic E-state index is -1.23. The van der Waals surface area contributed by atoms with Crippen LogP contribution >= 0.6 is 0 Å². The van der Waals surface area contributed by atoms with Gasteiger partial charge in [0.2, 0.25) is 0 Å². The Morgan fingerprint density at radius 1 is 1.64 bits per heavy atom. The highest BCUT2D eigenvalue weighted by Gasteiger charge is 2.06. The molecule has 5 heteroatoms. The molecular weight excluding hydrogens is 150 g/mol. The highest BCUT2D eigenvalue weighted by atomic mass is 16.5. The van der Waals surface area contributed by atoms with E-state index in [1.54, 1.807) is 0 Å². The smallest absolute Gasteiger partial charge is 0.317 e. The summed E-state index contributed by atoms with van der Waals surface area (Å²) in [5.41, 5.74) is 0. The number of hydrogen-bond donors (Lipinski definition) is 2. The summed E-state index contributed by atoms with van der Waals surface area (Å²) in [6.07, 6.45) is 0.519. The quantitative estimate of drug-likeness (QED) is 0.336. The normalized spacial score (nSPS) is 8.00. The van der Waals surface area contributed by atoms with Crippen molar-refractivity contribution in [1.82, 2.24) is 0 Å². The van der Waals surface area contributed by atoms with Gasteiger partial charge in [0.25, 0.3) is 0 Å². The highest BCUT2D eigenvalue weighted by molar-refractivity contribution is 5.90. The molecule has 0 saturated heterocycles. The second kappa shape index (κ2) is 5.20. The molecule has 0 atom stereocenters. The Bertz CT molecular complexity index is 205. The van der Waals surface area contributed by atoms with Crippen molar-refractivity contribution in [2.24, 2.45) is 0 Å². The van der Waals surface area contributed by atoms with Gasteiger partial charge in [-0.3, -0.25) is 15.0 Å². The summed E-state index contributed by atoms with van der Waals surface area (Å²) in [5.74, 6) is -0.167. The molecule has 0 spiro atoms. The topological polar surface area (TPSA) is 87.5 Å². The van der Waals surface area contributed by atoms with Gasteiger partial charge in [-0.05, 0) is 5.87 Å². The van der Waals surface area contributed by atoms with E-state index < -0.39 is 18.4 Å². The molecule has 0 aromatic rings. The van der Waals surface area contributed by atoms with E-state index in [0.29, 0.717) is 0 Å². The maximum absolute atomic E-state index is 10.4. The van der Waals surface area contributed by atoms with Gasteiger partial charge in [-0.2, -0.15) is 0 Å². The van der Waals surface area contributed by atoms with E-state index in [0.717, 1.165) is 0 Å². The minimum Gasteiger partial charge on any atom is -0.481 e. The van der Waals surface area contributed by atoms with Crippen LogP contribution in [0.25, 0.3) is 0 Å². The molecule has 60 valence electrons. The van der Waals surface area contributed by atoms with Gasteiger partial charge in [-0.15, -0.1) is 0 Å². The van der Waals surface area contributed by atoms with Crippen LogP contribution in [0.1, 0.15) is 6.42 Å². The van der Waals surface area contributed by atoms with Gasteiger partial charge in [0.1, 0.15) is 13.0 Å². The van der Waals surface area contributed by atoms with Crippen molar-refractivity contribution in [2.75, 3.05) is 6.61 Å². The first-order valence-electron chi connectivity index (χ1n) is 2.78. The SMILES string of the molecule is N=C=CCOC(=O)CC(=O)O. The van der Waals surface area contributed by atoms with Crippen LogP contribution < -0.4 is 0 Å². The number of carbonyl (C=O) groups excluding carboxylic acids is 1. The zero-order valence-corrected chi connectivity index (χ0v) is 5.66. The Kier molecular flexibility index (Phi) is 4.44. The summed E-state index contributed by atoms with van der Waals surface area (Å²) in [6.45, 7) is -0.102. The average molecular weight is 157 g/mol. The van der Waals surface area contributed by atoms with Gasteiger partial charge in [-0.1, -0.05) is 0 Å². The predicted molar refractivity (Wildman–Crippen MR) is 35.5 cm³/mol. The maximum atomic E-state index is 10.4. The second-order valence-electron chi connectivity index (χ2n) is 1.60. The van der Waals surface area contributed by atoms with E-state index in [1.165, 1.54) is 6.08 Å². The molecule has 0 aliphatic rings. The fraction of sp³-hybridized carbons (Fsp3) is 0.333. The second-order valence-corrected chi connectivity index (χ2v) is 1.60. The van der Waals surface area contributed by atoms with Gasteiger partial charge < -0.3 is 9.84 Å². The van der Waals surface area contributed by atoms with Gasteiger partial charge in [-0.25, -0.2) is 0 Å². The first-order valence-corrected chi connectivity index (χ1v) is 2.78. The van der Waals surface area contributed by atoms with Crippen molar-refractivity contribution in [3.63, 3.8) is 0 Å². The molecule has 0 aliphatic carbocycles. The summed E-state index contributed by atoms with van der Waals surface area (Å²) in [7, 11) is 0. The number of ether oxygens (including phenoxy) is 1. The lowest BCUT2D eigenvalue weighted by atomic mass is 10.4. The Morgan fingerprint density at radius 3 is 2.73 bits per heavy atom. The lowest BCUT2D eigenvalue weighted by Crippen LogP contribution is -2.10. The van der Waals surface area contributed by atoms with E-state index in [-0.39, 0.29) is 6.61 Å². The zero-order chi connectivity index (χ0) is 8.69. The summed E-state index contributed by atoms with van der Waals surface area (Å²) in [5, 5.41) is 14.5. The number of carboxylic acid groups (broad SMARTS) is 1. The van der Waals surface area contributed by atoms with Crippen molar-refractivity contribution in [3.8, 4) is 0 Å². The van der Waals surface area contributed by atoms with Crippen LogP contribution in [0.3, 0.4) is 0 Å². The van der Waals surface area contributed by atoms with Crippen LogP contribution in [-0.4, -0.2) is 29.5 Å². The van der Waals surface area contributed by atoms with Gasteiger partial charge >= 0.3 is 11.9 Å². The number of carbonyl (C=O) groups is 2. The number of aliphatic carboxylic acids is 1. The van der Waals surface area contributed by atoms with E-state index in [1.807, 2.05) is 5.87 Å². The molecule has 0 aliphatic heterocycles. The molecular formula is C6H7NO4. The maximum Gasteiger partial charge on any atom is 0.317 e. The molecule has 0 amide bonds. The van der Waals surface area contributed by atoms with Gasteiger partial charge in [0, 0.05) is 6.08 Å². The highest BCUT2D eigenvalue weighted by Crippen LogP contribution is 1.85. The fourth-order valence-electron chi connectivity index (χ4n) is 0.351. The molecule has 0 fully saturated rings. The van der Waals surface area contributed by atoms with Crippen LogP contribution in [0, 0.1) is 5.41 Å². The van der Waals surface area contributed by atoms with Crippen LogP contribution in [0.15, 0.2) is 6.08 Å². The van der Waals surface area contributed by atoms with Gasteiger partial charge in [0.15, 0.2) is 0 Å². The molecule has 5 nitrogen and oxygen atoms in total. The van der Waals surface area contributed by atoms with E-state index >= 15 is 0 Å². The molecule has 11 heavy (non-hydrogen) atoms. The monoisotopic (exact) mass is 157 g/mol. The largest absolute Gasteiger partial charge is 0.481 e. The van der Waals surface area contributed by atoms with Crippen molar-refractivity contribution < 1.29 is 19.4 Å². The third kappa shape index (κ3) is 6.27. The van der Waals surface area contributed by atoms with Crippen molar-refractivity contribution in [3.05, 3.63) is 6.08 Å². The van der Waals surface area contributed by atoms with Gasteiger partial charge in [0.05, 0.1) is 0 Å². The molecule has 0 rings (SSSR count). The minimum absolute atomic E-state index is 0.102. The number of rotatable bonds is 4. The number of hydrogen-bond acceptors (Lipinski definition) is 4. The molecule has 0 saturated carbocycles. The molecule has 2 N–H and O–H groups in total. The zero-order valence-electron chi connectivity index (χ0n) is 5.66. The third-order valence-electron chi connectivity index (χ3n) is 0.725. The van der Waals surface area contributed by atoms with Crippen LogP contribution in [0.5, 0.6) is 0 Å². The number of carboxylic acids is 1. The molecule has 0 radical (unpaired) electrons. The molecule has 0 bridgehead atoms. The molecule has 0 heterocycles. The van der Waals surface area contributed by atoms with Crippen LogP contribution in [0.2, 0.25) is 0 Å². The third-order valence-corrected chi connectivity index (χ3v) is 0.725. The Labute approximate surface area is 62.8 Å². The van der Waals surface area contributed by atoms with Crippen molar-refractivity contribution >= 4 is 17.8 Å². The number of esters is 1. The number of nitrogens with one attached hydrogen (secondary N) is 1. The summed E-state index contributed by atoms with van der Waals surface area (Å²) in [6, 6.07) is 0. The first-order chi connectivity index (χ1) is 5.16.